The van der Waals surface area contributed by atoms with Crippen molar-refractivity contribution in [3.05, 3.63) is 58.7 Å². The van der Waals surface area contributed by atoms with Crippen LogP contribution >= 0.6 is 35.6 Å². The Balaban J connectivity index is 0.00000320. The molecule has 30 heavy (non-hydrogen) atoms. The van der Waals surface area contributed by atoms with Crippen LogP contribution in [0, 0.1) is 0 Å². The number of piperazine rings is 1. The lowest BCUT2D eigenvalue weighted by molar-refractivity contribution is 0.270. The lowest BCUT2D eigenvalue weighted by Crippen LogP contribution is -2.46. The molecule has 1 aliphatic rings. The molecule has 8 heteroatoms. The fourth-order valence-electron chi connectivity index (χ4n) is 3.36. The normalized spacial score (nSPS) is 14.9. The number of pyridine rings is 1. The SMILES string of the molecule is CCNC(=NCc1ccnc(N2CCN(CC)CC2)c1)NCc1ccccc1Cl.I. The summed E-state index contributed by atoms with van der Waals surface area (Å²) in [4.78, 5) is 14.1. The zero-order valence-electron chi connectivity index (χ0n) is 17.8. The van der Waals surface area contributed by atoms with Crippen molar-refractivity contribution < 1.29 is 0 Å². The van der Waals surface area contributed by atoms with E-state index in [1.54, 1.807) is 0 Å². The summed E-state index contributed by atoms with van der Waals surface area (Å²) in [6.07, 6.45) is 1.89. The van der Waals surface area contributed by atoms with E-state index < -0.39 is 0 Å². The third kappa shape index (κ3) is 7.28. The molecule has 0 atom stereocenters. The van der Waals surface area contributed by atoms with Gasteiger partial charge in [0.1, 0.15) is 5.82 Å². The highest BCUT2D eigenvalue weighted by atomic mass is 127. The maximum absolute atomic E-state index is 6.25. The summed E-state index contributed by atoms with van der Waals surface area (Å²) in [5, 5.41) is 7.42. The first-order valence-corrected chi connectivity index (χ1v) is 10.7. The van der Waals surface area contributed by atoms with Gasteiger partial charge >= 0.3 is 0 Å². The topological polar surface area (TPSA) is 55.8 Å². The van der Waals surface area contributed by atoms with Gasteiger partial charge in [-0.15, -0.1) is 24.0 Å². The summed E-state index contributed by atoms with van der Waals surface area (Å²) in [6.45, 7) is 11.7. The minimum absolute atomic E-state index is 0. The van der Waals surface area contributed by atoms with Crippen molar-refractivity contribution in [3.8, 4) is 0 Å². The summed E-state index contributed by atoms with van der Waals surface area (Å²) in [5.74, 6) is 1.82. The molecular formula is C22H32ClIN6. The number of nitrogens with one attached hydrogen (secondary N) is 2. The van der Waals surface area contributed by atoms with E-state index in [1.165, 1.54) is 0 Å². The van der Waals surface area contributed by atoms with Crippen LogP contribution in [-0.4, -0.2) is 55.1 Å². The van der Waals surface area contributed by atoms with Crippen LogP contribution in [0.5, 0.6) is 0 Å². The number of aromatic nitrogens is 1. The first-order chi connectivity index (χ1) is 14.2. The number of aliphatic imine (C=N–C) groups is 1. The van der Waals surface area contributed by atoms with Crippen LogP contribution in [0.3, 0.4) is 0 Å². The Bertz CT molecular complexity index is 808. The van der Waals surface area contributed by atoms with Gasteiger partial charge in [0.2, 0.25) is 0 Å². The van der Waals surface area contributed by atoms with Gasteiger partial charge in [0, 0.05) is 50.5 Å². The monoisotopic (exact) mass is 542 g/mol. The second kappa shape index (κ2) is 13.0. The molecule has 0 spiro atoms. The van der Waals surface area contributed by atoms with Crippen LogP contribution in [0.25, 0.3) is 0 Å². The van der Waals surface area contributed by atoms with Gasteiger partial charge in [-0.05, 0) is 42.8 Å². The number of hydrogen-bond acceptors (Lipinski definition) is 4. The van der Waals surface area contributed by atoms with Crippen LogP contribution in [0.4, 0.5) is 5.82 Å². The van der Waals surface area contributed by atoms with Gasteiger partial charge < -0.3 is 20.4 Å². The quantitative estimate of drug-likeness (QED) is 0.317. The Morgan fingerprint density at radius 2 is 1.87 bits per heavy atom. The molecule has 1 aliphatic heterocycles. The van der Waals surface area contributed by atoms with Crippen LogP contribution < -0.4 is 15.5 Å². The number of benzene rings is 1. The summed E-state index contributed by atoms with van der Waals surface area (Å²) in [5.41, 5.74) is 2.21. The van der Waals surface area contributed by atoms with Gasteiger partial charge in [-0.1, -0.05) is 36.7 Å². The first kappa shape index (κ1) is 24.7. The molecule has 1 saturated heterocycles. The average Bonchev–Trinajstić information content (AvgIpc) is 2.77. The smallest absolute Gasteiger partial charge is 0.191 e. The van der Waals surface area contributed by atoms with Gasteiger partial charge in [0.25, 0.3) is 0 Å². The average molecular weight is 543 g/mol. The molecule has 1 fully saturated rings. The van der Waals surface area contributed by atoms with Crippen LogP contribution in [0.2, 0.25) is 5.02 Å². The summed E-state index contributed by atoms with van der Waals surface area (Å²) in [7, 11) is 0. The molecular weight excluding hydrogens is 511 g/mol. The summed E-state index contributed by atoms with van der Waals surface area (Å²) in [6, 6.07) is 12.0. The van der Waals surface area contributed by atoms with E-state index in [4.69, 9.17) is 16.6 Å². The van der Waals surface area contributed by atoms with Crippen molar-refractivity contribution in [3.63, 3.8) is 0 Å². The van der Waals surface area contributed by atoms with E-state index in [1.807, 2.05) is 36.5 Å². The number of halogens is 2. The largest absolute Gasteiger partial charge is 0.357 e. The van der Waals surface area contributed by atoms with E-state index in [2.05, 4.69) is 45.3 Å². The predicted molar refractivity (Wildman–Crippen MR) is 137 cm³/mol. The zero-order valence-corrected chi connectivity index (χ0v) is 20.9. The fourth-order valence-corrected chi connectivity index (χ4v) is 3.56. The van der Waals surface area contributed by atoms with Crippen LogP contribution in [0.15, 0.2) is 47.6 Å². The predicted octanol–water partition coefficient (Wildman–Crippen LogP) is 3.75. The van der Waals surface area contributed by atoms with Crippen molar-refractivity contribution >= 4 is 47.4 Å². The molecule has 0 aliphatic carbocycles. The maximum atomic E-state index is 6.25. The third-order valence-electron chi connectivity index (χ3n) is 5.12. The van der Waals surface area contributed by atoms with E-state index in [-0.39, 0.29) is 24.0 Å². The molecule has 2 N–H and O–H groups in total. The Kier molecular flexibility index (Phi) is 10.7. The second-order valence-electron chi connectivity index (χ2n) is 7.08. The minimum Gasteiger partial charge on any atom is -0.357 e. The molecule has 0 saturated carbocycles. The van der Waals surface area contributed by atoms with Crippen molar-refractivity contribution in [2.24, 2.45) is 4.99 Å². The molecule has 1 aromatic carbocycles. The number of hydrogen-bond donors (Lipinski definition) is 2. The maximum Gasteiger partial charge on any atom is 0.191 e. The van der Waals surface area contributed by atoms with Gasteiger partial charge in [-0.25, -0.2) is 9.98 Å². The van der Waals surface area contributed by atoms with Gasteiger partial charge in [-0.3, -0.25) is 0 Å². The molecule has 0 bridgehead atoms. The Morgan fingerprint density at radius 3 is 2.57 bits per heavy atom. The highest BCUT2D eigenvalue weighted by Crippen LogP contribution is 2.16. The lowest BCUT2D eigenvalue weighted by atomic mass is 10.2. The highest BCUT2D eigenvalue weighted by Gasteiger charge is 2.16. The molecule has 6 nitrogen and oxygen atoms in total. The van der Waals surface area contributed by atoms with Gasteiger partial charge in [0.15, 0.2) is 5.96 Å². The molecule has 1 aromatic heterocycles. The molecule has 0 amide bonds. The van der Waals surface area contributed by atoms with Crippen molar-refractivity contribution in [2.45, 2.75) is 26.9 Å². The molecule has 0 radical (unpaired) electrons. The number of likely N-dealkylation sites (N-methyl/N-ethyl adjacent to an activating group) is 1. The molecule has 3 rings (SSSR count). The Morgan fingerprint density at radius 1 is 1.10 bits per heavy atom. The van der Waals surface area contributed by atoms with Crippen molar-refractivity contribution in [2.75, 3.05) is 44.2 Å². The van der Waals surface area contributed by atoms with E-state index in [0.29, 0.717) is 13.1 Å². The molecule has 164 valence electrons. The van der Waals surface area contributed by atoms with Gasteiger partial charge in [-0.2, -0.15) is 0 Å². The third-order valence-corrected chi connectivity index (χ3v) is 5.49. The standard InChI is InChI=1S/C22H31ClN6.HI/c1-3-24-22(27-17-19-7-5-6-8-20(19)23)26-16-18-9-10-25-21(15-18)29-13-11-28(4-2)12-14-29;/h5-10,15H,3-4,11-14,16-17H2,1-2H3,(H2,24,26,27);1H. The van der Waals surface area contributed by atoms with E-state index >= 15 is 0 Å². The van der Waals surface area contributed by atoms with Crippen molar-refractivity contribution in [1.82, 2.24) is 20.5 Å². The molecule has 2 heterocycles. The number of nitrogens with zero attached hydrogens (tertiary/aromatic N) is 4. The van der Waals surface area contributed by atoms with Gasteiger partial charge in [0.05, 0.1) is 6.54 Å². The zero-order chi connectivity index (χ0) is 20.5. The number of guanidine groups is 1. The minimum atomic E-state index is 0. The van der Waals surface area contributed by atoms with E-state index in [9.17, 15) is 0 Å². The Hall–Kier alpha value is -1.58. The molecule has 0 unspecified atom stereocenters. The fraction of sp³-hybridized carbons (Fsp3) is 0.455. The lowest BCUT2D eigenvalue weighted by Gasteiger charge is -2.34. The second-order valence-corrected chi connectivity index (χ2v) is 7.49. The Labute approximate surface area is 202 Å². The first-order valence-electron chi connectivity index (χ1n) is 10.4. The van der Waals surface area contributed by atoms with Crippen LogP contribution in [-0.2, 0) is 13.1 Å². The number of anilines is 1. The van der Waals surface area contributed by atoms with Crippen molar-refractivity contribution in [1.29, 1.82) is 0 Å². The summed E-state index contributed by atoms with van der Waals surface area (Å²) < 4.78 is 0. The van der Waals surface area contributed by atoms with Crippen LogP contribution in [0.1, 0.15) is 25.0 Å². The highest BCUT2D eigenvalue weighted by molar-refractivity contribution is 14.0. The number of rotatable bonds is 7. The summed E-state index contributed by atoms with van der Waals surface area (Å²) >= 11 is 6.25. The van der Waals surface area contributed by atoms with E-state index in [0.717, 1.165) is 67.2 Å². The molecule has 2 aromatic rings.